The largest absolute Gasteiger partial charge is 0.408 e. The van der Waals surface area contributed by atoms with Gasteiger partial charge in [0.1, 0.15) is 0 Å². The SMILES string of the molecule is C=C[Si](C)(C)OC1CCC2C3NC4NC(NC5NC(NC6NC(NC(N3)C2C1O[Si](C)(C)C=C)C1CCCCC61)C1CCCCC51)C1CCCCC41. The van der Waals surface area contributed by atoms with Crippen LogP contribution < -0.4 is 42.5 Å². The van der Waals surface area contributed by atoms with E-state index in [9.17, 15) is 0 Å². The van der Waals surface area contributed by atoms with Gasteiger partial charge in [-0.25, -0.2) is 0 Å². The molecule has 9 fully saturated rings. The van der Waals surface area contributed by atoms with Crippen molar-refractivity contribution in [1.82, 2.24) is 42.5 Å². The van der Waals surface area contributed by atoms with Gasteiger partial charge in [-0.3, -0.25) is 42.5 Å². The van der Waals surface area contributed by atoms with Gasteiger partial charge in [-0.1, -0.05) is 49.9 Å². The third kappa shape index (κ3) is 6.95. The summed E-state index contributed by atoms with van der Waals surface area (Å²) in [5.41, 5.74) is 4.21. The molecule has 12 heteroatoms. The number of hydrogen-bond acceptors (Lipinski definition) is 10. The molecule has 5 heterocycles. The second kappa shape index (κ2) is 14.8. The second-order valence-electron chi connectivity index (χ2n) is 19.7. The van der Waals surface area contributed by atoms with Gasteiger partial charge < -0.3 is 8.85 Å². The first-order chi connectivity index (χ1) is 25.1. The van der Waals surface area contributed by atoms with Crippen molar-refractivity contribution in [1.29, 1.82) is 0 Å². The first-order valence-corrected chi connectivity index (χ1v) is 27.8. The van der Waals surface area contributed by atoms with E-state index in [1.165, 1.54) is 77.0 Å². The molecule has 5 aliphatic heterocycles. The van der Waals surface area contributed by atoms with E-state index in [1.807, 2.05) is 0 Å². The Hall–Kier alpha value is -0.486. The van der Waals surface area contributed by atoms with Gasteiger partial charge in [0.15, 0.2) is 0 Å². The molecule has 5 saturated heterocycles. The van der Waals surface area contributed by atoms with E-state index < -0.39 is 16.6 Å². The molecule has 0 aromatic carbocycles. The van der Waals surface area contributed by atoms with Gasteiger partial charge in [-0.05, 0) is 119 Å². The van der Waals surface area contributed by atoms with E-state index in [-0.39, 0.29) is 36.6 Å². The Morgan fingerprint density at radius 1 is 0.404 bits per heavy atom. The Morgan fingerprint density at radius 2 is 0.712 bits per heavy atom. The maximum absolute atomic E-state index is 7.35. The average molecular weight is 753 g/mol. The minimum Gasteiger partial charge on any atom is -0.408 e. The molecule has 0 amide bonds. The highest BCUT2D eigenvalue weighted by Gasteiger charge is 2.58. The van der Waals surface area contributed by atoms with Gasteiger partial charge in [0.2, 0.25) is 16.6 Å². The third-order valence-electron chi connectivity index (χ3n) is 15.8. The van der Waals surface area contributed by atoms with Crippen molar-refractivity contribution >= 4 is 16.6 Å². The van der Waals surface area contributed by atoms with Crippen molar-refractivity contribution in [2.45, 2.75) is 178 Å². The summed E-state index contributed by atoms with van der Waals surface area (Å²) >= 11 is 0. The highest BCUT2D eigenvalue weighted by atomic mass is 28.4. The third-order valence-corrected chi connectivity index (χ3v) is 19.5. The minimum absolute atomic E-state index is 0.00180. The van der Waals surface area contributed by atoms with Crippen molar-refractivity contribution < 1.29 is 8.85 Å². The Labute approximate surface area is 316 Å². The molecule has 18 unspecified atom stereocenters. The molecule has 4 aliphatic carbocycles. The lowest BCUT2D eigenvalue weighted by molar-refractivity contribution is -0.0497. The van der Waals surface area contributed by atoms with E-state index in [1.54, 1.807) is 0 Å². The molecule has 0 aromatic heterocycles. The van der Waals surface area contributed by atoms with Gasteiger partial charge in [-0.2, -0.15) is 0 Å². The molecule has 8 bridgehead atoms. The van der Waals surface area contributed by atoms with Crippen LogP contribution in [0.1, 0.15) is 89.9 Å². The monoisotopic (exact) mass is 753 g/mol. The molecule has 0 spiro atoms. The van der Waals surface area contributed by atoms with Crippen LogP contribution in [0.3, 0.4) is 0 Å². The zero-order valence-corrected chi connectivity index (χ0v) is 34.7. The molecule has 0 radical (unpaired) electrons. The molecular weight excluding hydrogens is 681 g/mol. The van der Waals surface area contributed by atoms with Gasteiger partial charge >= 0.3 is 0 Å². The first-order valence-electron chi connectivity index (χ1n) is 21.8. The van der Waals surface area contributed by atoms with E-state index in [4.69, 9.17) is 8.85 Å². The highest BCUT2D eigenvalue weighted by molar-refractivity contribution is 6.76. The lowest BCUT2D eigenvalue weighted by atomic mass is 9.74. The van der Waals surface area contributed by atoms with E-state index >= 15 is 0 Å². The van der Waals surface area contributed by atoms with Crippen LogP contribution >= 0.6 is 0 Å². The fraction of sp³-hybridized carbons (Fsp3) is 0.900. The standard InChI is InChI=1S/C40H72N8O2Si2/c1-7-51(3,4)49-30-22-21-29-31(32(30)50-52(5,6)8-2)40-47-38-28-20-14-13-19-27(28)36(45-38)43-34-24-16-10-9-15-23(24)33(41-34)42-35-25-17-11-12-18-26(25)37(44-35)46-39(29)48-40/h7-8,23-48H,1-2,9-22H2,3-6H3. The topological polar surface area (TPSA) is 115 Å². The summed E-state index contributed by atoms with van der Waals surface area (Å²) in [4.78, 5) is 0. The molecule has 8 N–H and O–H groups in total. The van der Waals surface area contributed by atoms with Crippen LogP contribution in [0.2, 0.25) is 26.2 Å². The molecule has 292 valence electrons. The van der Waals surface area contributed by atoms with E-state index in [2.05, 4.69) is 93.3 Å². The maximum atomic E-state index is 7.35. The van der Waals surface area contributed by atoms with Crippen molar-refractivity contribution in [3.05, 3.63) is 24.6 Å². The molecular formula is C40H72N8O2Si2. The number of nitrogens with one attached hydrogen (secondary N) is 8. The number of rotatable bonds is 6. The molecule has 52 heavy (non-hydrogen) atoms. The van der Waals surface area contributed by atoms with Gasteiger partial charge in [-0.15, -0.1) is 13.2 Å². The second-order valence-corrected chi connectivity index (χ2v) is 27.4. The van der Waals surface area contributed by atoms with Crippen LogP contribution in [0.5, 0.6) is 0 Å². The van der Waals surface area contributed by atoms with Crippen molar-refractivity contribution in [2.24, 2.45) is 47.3 Å². The van der Waals surface area contributed by atoms with Crippen LogP contribution in [0.25, 0.3) is 0 Å². The van der Waals surface area contributed by atoms with Crippen molar-refractivity contribution in [3.8, 4) is 0 Å². The Kier molecular flexibility index (Phi) is 10.6. The molecule has 18 atom stereocenters. The van der Waals surface area contributed by atoms with E-state index in [0.29, 0.717) is 72.3 Å². The lowest BCUT2D eigenvalue weighted by Gasteiger charge is -2.47. The van der Waals surface area contributed by atoms with E-state index in [0.717, 1.165) is 12.8 Å². The zero-order chi connectivity index (χ0) is 35.8. The van der Waals surface area contributed by atoms with Crippen molar-refractivity contribution in [3.63, 3.8) is 0 Å². The first kappa shape index (κ1) is 37.1. The highest BCUT2D eigenvalue weighted by Crippen LogP contribution is 2.47. The normalized spacial score (nSPS) is 50.5. The summed E-state index contributed by atoms with van der Waals surface area (Å²) in [6.45, 7) is 17.6. The van der Waals surface area contributed by atoms with Gasteiger partial charge in [0, 0.05) is 5.92 Å². The Balaban J connectivity index is 1.08. The maximum Gasteiger partial charge on any atom is 0.211 e. The molecule has 0 aromatic rings. The molecule has 10 nitrogen and oxygen atoms in total. The molecule has 9 rings (SSSR count). The summed E-state index contributed by atoms with van der Waals surface area (Å²) in [5.74, 6) is 4.67. The summed E-state index contributed by atoms with van der Waals surface area (Å²) < 4.78 is 14.4. The summed E-state index contributed by atoms with van der Waals surface area (Å²) in [7, 11) is -4.19. The lowest BCUT2D eigenvalue weighted by Crippen LogP contribution is -2.62. The molecule has 9 aliphatic rings. The number of hydrogen-bond donors (Lipinski definition) is 8. The number of fused-ring (bicyclic) bond motifs is 20. The van der Waals surface area contributed by atoms with Crippen LogP contribution in [0, 0.1) is 47.3 Å². The average Bonchev–Trinajstić information content (AvgIpc) is 3.88. The predicted molar refractivity (Wildman–Crippen MR) is 213 cm³/mol. The van der Waals surface area contributed by atoms with Crippen LogP contribution in [-0.2, 0) is 8.85 Å². The predicted octanol–water partition coefficient (Wildman–Crippen LogP) is 4.46. The van der Waals surface area contributed by atoms with Crippen LogP contribution in [-0.4, -0.2) is 78.2 Å². The zero-order valence-electron chi connectivity index (χ0n) is 32.7. The summed E-state index contributed by atoms with van der Waals surface area (Å²) in [6, 6.07) is 0. The quantitative estimate of drug-likeness (QED) is 0.185. The summed E-state index contributed by atoms with van der Waals surface area (Å²) in [5, 5.41) is 34.2. The fourth-order valence-corrected chi connectivity index (χ4v) is 15.3. The van der Waals surface area contributed by atoms with Gasteiger partial charge in [0.05, 0.1) is 61.5 Å². The Bertz CT molecular complexity index is 1310. The summed E-state index contributed by atoms with van der Waals surface area (Å²) in [6.07, 6.45) is 20.5. The van der Waals surface area contributed by atoms with Crippen LogP contribution in [0.15, 0.2) is 24.6 Å². The smallest absolute Gasteiger partial charge is 0.211 e. The fourth-order valence-electron chi connectivity index (χ4n) is 13.1. The van der Waals surface area contributed by atoms with Crippen molar-refractivity contribution in [2.75, 3.05) is 0 Å². The Morgan fingerprint density at radius 3 is 1.06 bits per heavy atom. The van der Waals surface area contributed by atoms with Gasteiger partial charge in [0.25, 0.3) is 0 Å². The van der Waals surface area contributed by atoms with Crippen LogP contribution in [0.4, 0.5) is 0 Å². The minimum atomic E-state index is -2.14. The molecule has 4 saturated carbocycles.